The molecular weight excluding hydrogens is 136 g/mol. The lowest BCUT2D eigenvalue weighted by Crippen LogP contribution is -2.09. The van der Waals surface area contributed by atoms with E-state index in [4.69, 9.17) is 0 Å². The molecule has 0 aromatic heterocycles. The highest BCUT2D eigenvalue weighted by atomic mass is 16.1. The predicted molar refractivity (Wildman–Crippen MR) is 46.4 cm³/mol. The quantitative estimate of drug-likeness (QED) is 0.518. The Morgan fingerprint density at radius 2 is 1.45 bits per heavy atom. The van der Waals surface area contributed by atoms with Gasteiger partial charge in [-0.15, -0.1) is 0 Å². The topological polar surface area (TPSA) is 17.1 Å². The van der Waals surface area contributed by atoms with Gasteiger partial charge in [-0.05, 0) is 44.4 Å². The first-order valence-corrected chi connectivity index (χ1v) is 3.91. The van der Waals surface area contributed by atoms with Crippen LogP contribution in [0.1, 0.15) is 34.1 Å². The molecule has 0 N–H and O–H groups in total. The maximum Gasteiger partial charge on any atom is 0.162 e. The van der Waals surface area contributed by atoms with Crippen LogP contribution >= 0.6 is 0 Å². The van der Waals surface area contributed by atoms with Gasteiger partial charge in [0.15, 0.2) is 5.78 Å². The molecule has 0 atom stereocenters. The van der Waals surface area contributed by atoms with E-state index in [-0.39, 0.29) is 5.78 Å². The number of rotatable bonds is 0. The monoisotopic (exact) mass is 150 g/mol. The number of hydrogen-bond donors (Lipinski definition) is 0. The van der Waals surface area contributed by atoms with Crippen molar-refractivity contribution in [2.75, 3.05) is 0 Å². The minimum absolute atomic E-state index is 0.283. The maximum absolute atomic E-state index is 11.3. The lowest BCUT2D eigenvalue weighted by atomic mass is 9.88. The average molecular weight is 150 g/mol. The molecular formula is C10H14O. The predicted octanol–water partition coefficient (Wildman–Crippen LogP) is 2.63. The minimum atomic E-state index is 0.283. The van der Waals surface area contributed by atoms with Crippen LogP contribution in [0.5, 0.6) is 0 Å². The number of carbonyl (C=O) groups is 1. The van der Waals surface area contributed by atoms with Crippen molar-refractivity contribution < 1.29 is 4.79 Å². The number of Topliss-reactive ketones (excluding diaryl/α,β-unsaturated/α-hetero) is 1. The minimum Gasteiger partial charge on any atom is -0.294 e. The van der Waals surface area contributed by atoms with E-state index >= 15 is 0 Å². The molecule has 1 heteroatoms. The van der Waals surface area contributed by atoms with Crippen molar-refractivity contribution in [3.05, 3.63) is 22.3 Å². The van der Waals surface area contributed by atoms with Gasteiger partial charge < -0.3 is 0 Å². The number of hydrogen-bond acceptors (Lipinski definition) is 1. The van der Waals surface area contributed by atoms with Gasteiger partial charge in [0.2, 0.25) is 0 Å². The van der Waals surface area contributed by atoms with E-state index in [0.717, 1.165) is 5.57 Å². The fourth-order valence-electron chi connectivity index (χ4n) is 1.32. The van der Waals surface area contributed by atoms with Crippen LogP contribution in [0.2, 0.25) is 0 Å². The Hall–Kier alpha value is -0.850. The molecule has 1 nitrogen and oxygen atoms in total. The van der Waals surface area contributed by atoms with Crippen molar-refractivity contribution in [2.45, 2.75) is 34.1 Å². The Balaban J connectivity index is 3.18. The fraction of sp³-hybridized carbons (Fsp3) is 0.500. The zero-order chi connectivity index (χ0) is 8.59. The summed E-state index contributed by atoms with van der Waals surface area (Å²) in [6.07, 6.45) is 0.620. The van der Waals surface area contributed by atoms with Gasteiger partial charge in [0, 0.05) is 6.42 Å². The van der Waals surface area contributed by atoms with E-state index in [2.05, 4.69) is 6.92 Å². The largest absolute Gasteiger partial charge is 0.294 e. The third-order valence-corrected chi connectivity index (χ3v) is 2.61. The maximum atomic E-state index is 11.3. The van der Waals surface area contributed by atoms with Crippen LogP contribution in [0.4, 0.5) is 0 Å². The molecule has 0 radical (unpaired) electrons. The summed E-state index contributed by atoms with van der Waals surface area (Å²) in [5.74, 6) is 0.283. The highest BCUT2D eigenvalue weighted by Gasteiger charge is 2.16. The van der Waals surface area contributed by atoms with Crippen molar-refractivity contribution in [3.8, 4) is 0 Å². The molecule has 0 amide bonds. The molecule has 0 spiro atoms. The first-order valence-electron chi connectivity index (χ1n) is 3.91. The van der Waals surface area contributed by atoms with Gasteiger partial charge in [0.1, 0.15) is 0 Å². The zero-order valence-electron chi connectivity index (χ0n) is 7.62. The van der Waals surface area contributed by atoms with E-state index < -0.39 is 0 Å². The number of ketones is 1. The van der Waals surface area contributed by atoms with Crippen LogP contribution in [0.25, 0.3) is 0 Å². The van der Waals surface area contributed by atoms with Crippen LogP contribution < -0.4 is 0 Å². The molecule has 11 heavy (non-hydrogen) atoms. The third kappa shape index (κ3) is 1.28. The van der Waals surface area contributed by atoms with Crippen LogP contribution in [0, 0.1) is 0 Å². The molecule has 0 unspecified atom stereocenters. The molecule has 1 aliphatic rings. The molecule has 1 rings (SSSR count). The van der Waals surface area contributed by atoms with Crippen LogP contribution in [0.3, 0.4) is 0 Å². The van der Waals surface area contributed by atoms with Gasteiger partial charge in [-0.1, -0.05) is 5.57 Å². The molecule has 0 aromatic carbocycles. The molecule has 0 heterocycles. The standard InChI is InChI=1S/C10H14O/c1-6-5-10(11)9(4)8(3)7(6)2/h5H2,1-4H3. The molecule has 0 bridgehead atoms. The Bertz CT molecular complexity index is 267. The van der Waals surface area contributed by atoms with Gasteiger partial charge in [-0.3, -0.25) is 4.79 Å². The normalized spacial score (nSPS) is 19.8. The summed E-state index contributed by atoms with van der Waals surface area (Å²) in [6.45, 7) is 8.04. The van der Waals surface area contributed by atoms with Crippen molar-refractivity contribution in [1.82, 2.24) is 0 Å². The van der Waals surface area contributed by atoms with Gasteiger partial charge in [-0.2, -0.15) is 0 Å². The molecule has 1 aliphatic carbocycles. The summed E-state index contributed by atoms with van der Waals surface area (Å²) in [5, 5.41) is 0. The Kier molecular flexibility index (Phi) is 1.99. The van der Waals surface area contributed by atoms with Crippen molar-refractivity contribution in [3.63, 3.8) is 0 Å². The summed E-state index contributed by atoms with van der Waals surface area (Å²) in [4.78, 5) is 11.3. The highest BCUT2D eigenvalue weighted by molar-refractivity contribution is 5.99. The lowest BCUT2D eigenvalue weighted by molar-refractivity contribution is -0.115. The Labute approximate surface area is 67.8 Å². The number of allylic oxidation sites excluding steroid dienone is 4. The third-order valence-electron chi connectivity index (χ3n) is 2.61. The first kappa shape index (κ1) is 8.25. The average Bonchev–Trinajstić information content (AvgIpc) is 1.97. The first-order chi connectivity index (χ1) is 5.04. The molecule has 0 saturated heterocycles. The van der Waals surface area contributed by atoms with E-state index in [0.29, 0.717) is 6.42 Å². The zero-order valence-corrected chi connectivity index (χ0v) is 7.62. The summed E-state index contributed by atoms with van der Waals surface area (Å²) < 4.78 is 0. The summed E-state index contributed by atoms with van der Waals surface area (Å²) in [7, 11) is 0. The van der Waals surface area contributed by atoms with Crippen LogP contribution in [-0.2, 0) is 4.79 Å². The van der Waals surface area contributed by atoms with Crippen LogP contribution in [-0.4, -0.2) is 5.78 Å². The summed E-state index contributed by atoms with van der Waals surface area (Å²) >= 11 is 0. The molecule has 0 aromatic rings. The van der Waals surface area contributed by atoms with Crippen molar-refractivity contribution >= 4 is 5.78 Å². The molecule has 0 saturated carbocycles. The van der Waals surface area contributed by atoms with Gasteiger partial charge in [0.25, 0.3) is 0 Å². The van der Waals surface area contributed by atoms with Crippen molar-refractivity contribution in [2.24, 2.45) is 0 Å². The second-order valence-corrected chi connectivity index (χ2v) is 3.26. The summed E-state index contributed by atoms with van der Waals surface area (Å²) in [6, 6.07) is 0. The molecule has 60 valence electrons. The van der Waals surface area contributed by atoms with Gasteiger partial charge in [0.05, 0.1) is 0 Å². The second kappa shape index (κ2) is 2.65. The van der Waals surface area contributed by atoms with E-state index in [1.165, 1.54) is 16.7 Å². The second-order valence-electron chi connectivity index (χ2n) is 3.26. The Morgan fingerprint density at radius 3 is 2.00 bits per heavy atom. The smallest absolute Gasteiger partial charge is 0.162 e. The Morgan fingerprint density at radius 1 is 0.909 bits per heavy atom. The van der Waals surface area contributed by atoms with Crippen LogP contribution in [0.15, 0.2) is 22.3 Å². The van der Waals surface area contributed by atoms with E-state index in [1.807, 2.05) is 20.8 Å². The lowest BCUT2D eigenvalue weighted by Gasteiger charge is -2.16. The van der Waals surface area contributed by atoms with Gasteiger partial charge in [-0.25, -0.2) is 0 Å². The van der Waals surface area contributed by atoms with E-state index in [9.17, 15) is 4.79 Å². The number of carbonyl (C=O) groups excluding carboxylic acids is 1. The molecule has 0 aliphatic heterocycles. The summed E-state index contributed by atoms with van der Waals surface area (Å²) in [5.41, 5.74) is 4.62. The fourth-order valence-corrected chi connectivity index (χ4v) is 1.32. The highest BCUT2D eigenvalue weighted by Crippen LogP contribution is 2.26. The van der Waals surface area contributed by atoms with Gasteiger partial charge >= 0.3 is 0 Å². The van der Waals surface area contributed by atoms with Crippen molar-refractivity contribution in [1.29, 1.82) is 0 Å². The SMILES string of the molecule is CC1=C(C)C(C)=C(C)C(=O)C1. The van der Waals surface area contributed by atoms with E-state index in [1.54, 1.807) is 0 Å². The molecule has 0 fully saturated rings.